The van der Waals surface area contributed by atoms with Gasteiger partial charge in [-0.3, -0.25) is 4.79 Å². The molecule has 0 fully saturated rings. The van der Waals surface area contributed by atoms with Gasteiger partial charge in [0.25, 0.3) is 0 Å². The number of carbonyl (C=O) groups is 1. The van der Waals surface area contributed by atoms with E-state index < -0.39 is 11.9 Å². The summed E-state index contributed by atoms with van der Waals surface area (Å²) >= 11 is 6.00. The Kier molecular flexibility index (Phi) is 8.87. The molecule has 0 heterocycles. The van der Waals surface area contributed by atoms with Crippen LogP contribution in [0.15, 0.2) is 60.7 Å². The van der Waals surface area contributed by atoms with Crippen LogP contribution in [-0.2, 0) is 24.2 Å². The van der Waals surface area contributed by atoms with Gasteiger partial charge in [-0.15, -0.1) is 0 Å². The number of hydrogen-bond donors (Lipinski definition) is 5. The molecule has 8 heteroatoms. The molecule has 0 bridgehead atoms. The second kappa shape index (κ2) is 11.8. The number of nitrogens with one attached hydrogen (secondary N) is 2. The van der Waals surface area contributed by atoms with E-state index in [0.717, 1.165) is 11.1 Å². The molecule has 0 saturated carbocycles. The van der Waals surface area contributed by atoms with Gasteiger partial charge >= 0.3 is 0 Å². The summed E-state index contributed by atoms with van der Waals surface area (Å²) in [6.07, 6.45) is -0.0712. The van der Waals surface area contributed by atoms with Gasteiger partial charge in [0.1, 0.15) is 17.3 Å². The molecule has 2 atom stereocenters. The lowest BCUT2D eigenvalue weighted by molar-refractivity contribution is -0.120. The van der Waals surface area contributed by atoms with Crippen LogP contribution in [0.2, 0.25) is 5.02 Å². The lowest BCUT2D eigenvalue weighted by Gasteiger charge is -2.18. The molecule has 1 amide bonds. The summed E-state index contributed by atoms with van der Waals surface area (Å²) in [6, 6.07) is 16.1. The number of aromatic hydroxyl groups is 2. The van der Waals surface area contributed by atoms with Crippen molar-refractivity contribution in [1.82, 2.24) is 10.6 Å². The Labute approximate surface area is 203 Å². The van der Waals surface area contributed by atoms with Crippen LogP contribution in [0, 0.1) is 5.82 Å². The Bertz CT molecular complexity index is 1100. The molecule has 3 aromatic carbocycles. The van der Waals surface area contributed by atoms with E-state index in [4.69, 9.17) is 11.6 Å². The van der Waals surface area contributed by atoms with E-state index in [0.29, 0.717) is 12.0 Å². The highest BCUT2D eigenvalue weighted by Gasteiger charge is 2.13. The molecular formula is C26H28ClFN2O4. The molecule has 3 rings (SSSR count). The number of carbonyl (C=O) groups excluding carboxylic acids is 1. The first-order chi connectivity index (χ1) is 16.2. The van der Waals surface area contributed by atoms with Crippen LogP contribution >= 0.6 is 11.6 Å². The van der Waals surface area contributed by atoms with Crippen LogP contribution in [-0.4, -0.2) is 33.8 Å². The zero-order valence-electron chi connectivity index (χ0n) is 18.8. The van der Waals surface area contributed by atoms with Crippen LogP contribution in [0.4, 0.5) is 4.39 Å². The second-order valence-corrected chi connectivity index (χ2v) is 8.69. The summed E-state index contributed by atoms with van der Waals surface area (Å²) in [5.41, 5.74) is 2.53. The summed E-state index contributed by atoms with van der Waals surface area (Å²) in [7, 11) is 0. The quantitative estimate of drug-likeness (QED) is 0.298. The summed E-state index contributed by atoms with van der Waals surface area (Å²) in [4.78, 5) is 12.3. The molecule has 0 radical (unpaired) electrons. The number of hydrogen-bond acceptors (Lipinski definition) is 5. The minimum atomic E-state index is -0.890. The van der Waals surface area contributed by atoms with Gasteiger partial charge in [0.2, 0.25) is 5.91 Å². The molecule has 6 nitrogen and oxygen atoms in total. The number of aliphatic hydroxyl groups is 1. The van der Waals surface area contributed by atoms with Crippen molar-refractivity contribution in [3.63, 3.8) is 0 Å². The number of aliphatic hydroxyl groups excluding tert-OH is 1. The van der Waals surface area contributed by atoms with E-state index in [1.165, 1.54) is 30.3 Å². The van der Waals surface area contributed by atoms with Gasteiger partial charge in [-0.05, 0) is 54.3 Å². The lowest BCUT2D eigenvalue weighted by Crippen LogP contribution is -2.32. The molecule has 2 unspecified atom stereocenters. The Morgan fingerprint density at radius 3 is 2.41 bits per heavy atom. The highest BCUT2D eigenvalue weighted by atomic mass is 35.5. The van der Waals surface area contributed by atoms with Gasteiger partial charge in [0.15, 0.2) is 0 Å². The largest absolute Gasteiger partial charge is 0.508 e. The van der Waals surface area contributed by atoms with Crippen molar-refractivity contribution in [2.45, 2.75) is 38.5 Å². The molecule has 5 N–H and O–H groups in total. The lowest BCUT2D eigenvalue weighted by atomic mass is 10.0. The topological polar surface area (TPSA) is 102 Å². The third-order valence-corrected chi connectivity index (χ3v) is 5.75. The maximum atomic E-state index is 13.9. The molecule has 0 aliphatic rings. The predicted molar refractivity (Wildman–Crippen MR) is 129 cm³/mol. The van der Waals surface area contributed by atoms with E-state index in [9.17, 15) is 24.5 Å². The second-order valence-electron chi connectivity index (χ2n) is 8.29. The Morgan fingerprint density at radius 1 is 1.03 bits per heavy atom. The molecule has 34 heavy (non-hydrogen) atoms. The first kappa shape index (κ1) is 25.5. The average Bonchev–Trinajstić information content (AvgIpc) is 2.76. The van der Waals surface area contributed by atoms with E-state index in [1.54, 1.807) is 6.07 Å². The molecule has 0 aliphatic heterocycles. The van der Waals surface area contributed by atoms with Crippen LogP contribution < -0.4 is 10.6 Å². The van der Waals surface area contributed by atoms with Crippen LogP contribution in [0.25, 0.3) is 0 Å². The highest BCUT2D eigenvalue weighted by Crippen LogP contribution is 2.24. The maximum Gasteiger partial charge on any atom is 0.224 e. The predicted octanol–water partition coefficient (Wildman–Crippen LogP) is 4.00. The number of phenols is 2. The molecule has 0 saturated heterocycles. The minimum Gasteiger partial charge on any atom is -0.508 e. The monoisotopic (exact) mass is 486 g/mol. The van der Waals surface area contributed by atoms with Crippen molar-refractivity contribution in [3.8, 4) is 11.5 Å². The Hall–Kier alpha value is -3.13. The first-order valence-corrected chi connectivity index (χ1v) is 11.3. The molecule has 0 aromatic heterocycles. The van der Waals surface area contributed by atoms with E-state index in [1.807, 2.05) is 31.2 Å². The maximum absolute atomic E-state index is 13.9. The Morgan fingerprint density at radius 2 is 1.71 bits per heavy atom. The number of amides is 1. The fraction of sp³-hybridized carbons (Fsp3) is 0.269. The first-order valence-electron chi connectivity index (χ1n) is 10.9. The summed E-state index contributed by atoms with van der Waals surface area (Å²) < 4.78 is 13.9. The highest BCUT2D eigenvalue weighted by molar-refractivity contribution is 6.31. The van der Waals surface area contributed by atoms with Gasteiger partial charge in [0.05, 0.1) is 12.5 Å². The number of benzene rings is 3. The molecular weight excluding hydrogens is 459 g/mol. The van der Waals surface area contributed by atoms with E-state index in [2.05, 4.69) is 10.6 Å². The SMILES string of the molecule is CC(Cc1cccc(CC(=O)NCc2c(F)cccc2Cl)c1)NCC(O)c1cc(O)cc(O)c1. The molecule has 0 aliphatic carbocycles. The molecule has 180 valence electrons. The van der Waals surface area contributed by atoms with Crippen LogP contribution in [0.5, 0.6) is 11.5 Å². The van der Waals surface area contributed by atoms with Gasteiger partial charge < -0.3 is 26.0 Å². The van der Waals surface area contributed by atoms with Crippen LogP contribution in [0.1, 0.15) is 35.3 Å². The standard InChI is InChI=1S/C26H28ClFN2O4/c1-16(29-15-25(33)19-11-20(31)13-21(32)12-19)8-17-4-2-5-18(9-17)10-26(34)30-14-22-23(27)6-3-7-24(22)28/h2-7,9,11-13,16,25,29,31-33H,8,10,14-15H2,1H3,(H,30,34). The average molecular weight is 487 g/mol. The van der Waals surface area contributed by atoms with Crippen LogP contribution in [0.3, 0.4) is 0 Å². The smallest absolute Gasteiger partial charge is 0.224 e. The van der Waals surface area contributed by atoms with Crippen molar-refractivity contribution < 1.29 is 24.5 Å². The fourth-order valence-electron chi connectivity index (χ4n) is 3.67. The van der Waals surface area contributed by atoms with Crippen molar-refractivity contribution in [1.29, 1.82) is 0 Å². The fourth-order valence-corrected chi connectivity index (χ4v) is 3.90. The van der Waals surface area contributed by atoms with Crippen molar-refractivity contribution >= 4 is 17.5 Å². The van der Waals surface area contributed by atoms with E-state index in [-0.39, 0.29) is 53.5 Å². The van der Waals surface area contributed by atoms with E-state index >= 15 is 0 Å². The van der Waals surface area contributed by atoms with Gasteiger partial charge in [-0.2, -0.15) is 0 Å². The van der Waals surface area contributed by atoms with Crippen molar-refractivity contribution in [2.24, 2.45) is 0 Å². The summed E-state index contributed by atoms with van der Waals surface area (Å²) in [5, 5.41) is 35.7. The summed E-state index contributed by atoms with van der Waals surface area (Å²) in [5.74, 6) is -0.915. The minimum absolute atomic E-state index is 0.0181. The molecule has 3 aromatic rings. The van der Waals surface area contributed by atoms with Crippen molar-refractivity contribution in [3.05, 3.63) is 93.8 Å². The zero-order chi connectivity index (χ0) is 24.7. The normalized spacial score (nSPS) is 12.8. The molecule has 0 spiro atoms. The summed E-state index contributed by atoms with van der Waals surface area (Å²) in [6.45, 7) is 2.24. The third-order valence-electron chi connectivity index (χ3n) is 5.39. The van der Waals surface area contributed by atoms with Gasteiger partial charge in [0, 0.05) is 35.8 Å². The Balaban J connectivity index is 1.50. The van der Waals surface area contributed by atoms with Crippen molar-refractivity contribution in [2.75, 3.05) is 6.54 Å². The number of phenolic OH excluding ortho intramolecular Hbond substituents is 2. The van der Waals surface area contributed by atoms with Gasteiger partial charge in [-0.25, -0.2) is 4.39 Å². The number of halogens is 2. The third kappa shape index (κ3) is 7.45. The van der Waals surface area contributed by atoms with Gasteiger partial charge in [-0.1, -0.05) is 41.9 Å². The zero-order valence-corrected chi connectivity index (χ0v) is 19.5. The number of rotatable bonds is 10.